The molecule has 130 valence electrons. The van der Waals surface area contributed by atoms with Crippen LogP contribution in [0.3, 0.4) is 0 Å². The topological polar surface area (TPSA) is 210 Å². The van der Waals surface area contributed by atoms with E-state index in [4.69, 9.17) is 15.2 Å². The van der Waals surface area contributed by atoms with Crippen molar-refractivity contribution in [3.63, 3.8) is 0 Å². The van der Waals surface area contributed by atoms with Crippen molar-refractivity contribution in [2.24, 2.45) is 16.6 Å². The first-order valence-corrected chi connectivity index (χ1v) is 6.91. The second-order valence-corrected chi connectivity index (χ2v) is 6.33. The molecule has 4 bridgehead atoms. The van der Waals surface area contributed by atoms with Gasteiger partial charge in [-0.2, -0.15) is 0 Å². The first-order chi connectivity index (χ1) is 10.6. The number of nitrogens with two attached hydrogens (primary N) is 1. The number of aliphatic hydroxyl groups excluding tert-OH is 4. The molecular weight excluding hydrogens is 318 g/mol. The zero-order valence-electron chi connectivity index (χ0n) is 11.5. The van der Waals surface area contributed by atoms with E-state index in [9.17, 15) is 35.7 Å². The van der Waals surface area contributed by atoms with Crippen molar-refractivity contribution in [1.82, 2.24) is 5.32 Å². The molecule has 0 amide bonds. The molecule has 0 aromatic rings. The van der Waals surface area contributed by atoms with Crippen LogP contribution >= 0.6 is 0 Å². The molecule has 23 heavy (non-hydrogen) atoms. The van der Waals surface area contributed by atoms with Crippen LogP contribution in [0.15, 0.2) is 4.99 Å². The van der Waals surface area contributed by atoms with E-state index in [2.05, 4.69) is 10.3 Å². The Morgan fingerprint density at radius 1 is 1.13 bits per heavy atom. The highest BCUT2D eigenvalue weighted by atomic mass is 16.9. The van der Waals surface area contributed by atoms with Crippen molar-refractivity contribution in [3.05, 3.63) is 0 Å². The van der Waals surface area contributed by atoms with E-state index < -0.39 is 60.0 Å². The molecule has 9 atom stereocenters. The number of ether oxygens (including phenoxy) is 2. The maximum atomic E-state index is 10.6. The molecule has 5 rings (SSSR count). The molecule has 0 unspecified atom stereocenters. The van der Waals surface area contributed by atoms with Crippen molar-refractivity contribution < 1.29 is 45.2 Å². The monoisotopic (exact) mass is 335 g/mol. The number of aliphatic imine (C=N–C) groups is 1. The van der Waals surface area contributed by atoms with Crippen LogP contribution in [0.25, 0.3) is 0 Å². The Morgan fingerprint density at radius 2 is 1.74 bits per heavy atom. The van der Waals surface area contributed by atoms with Crippen molar-refractivity contribution in [2.45, 2.75) is 54.0 Å². The van der Waals surface area contributed by atoms with E-state index in [-0.39, 0.29) is 5.96 Å². The van der Waals surface area contributed by atoms with Crippen LogP contribution in [0.1, 0.15) is 0 Å². The minimum absolute atomic E-state index is 0.314. The van der Waals surface area contributed by atoms with Gasteiger partial charge in [-0.15, -0.1) is 0 Å². The van der Waals surface area contributed by atoms with Crippen molar-refractivity contribution in [3.8, 4) is 0 Å². The van der Waals surface area contributed by atoms with Gasteiger partial charge < -0.3 is 56.3 Å². The van der Waals surface area contributed by atoms with Gasteiger partial charge in [-0.05, 0) is 0 Å². The van der Waals surface area contributed by atoms with Crippen LogP contribution < -0.4 is 11.1 Å². The predicted octanol–water partition coefficient (Wildman–Crippen LogP) is -6.20. The zero-order chi connectivity index (χ0) is 16.9. The summed E-state index contributed by atoms with van der Waals surface area (Å²) in [7, 11) is 0. The minimum atomic E-state index is -2.64. The number of hydrogen-bond donors (Lipinski definition) is 9. The molecule has 0 aromatic heterocycles. The molecule has 1 aliphatic carbocycles. The number of nitrogens with one attached hydrogen (secondary N) is 1. The third-order valence-electron chi connectivity index (χ3n) is 5.31. The van der Waals surface area contributed by atoms with Crippen LogP contribution in [0.2, 0.25) is 0 Å². The summed E-state index contributed by atoms with van der Waals surface area (Å²) in [5.41, 5.74) is 1.10. The Balaban J connectivity index is 1.95. The van der Waals surface area contributed by atoms with Gasteiger partial charge >= 0.3 is 5.97 Å². The van der Waals surface area contributed by atoms with Gasteiger partial charge in [0.15, 0.2) is 30.2 Å². The summed E-state index contributed by atoms with van der Waals surface area (Å²) < 4.78 is 10.1. The summed E-state index contributed by atoms with van der Waals surface area (Å²) in [5.74, 6) is -4.31. The maximum Gasteiger partial charge on any atom is 0.311 e. The van der Waals surface area contributed by atoms with E-state index in [1.54, 1.807) is 0 Å². The number of hydrogen-bond acceptors (Lipinski definition) is 12. The SMILES string of the molecule is NC1=N[C@H](O)[C@H]2[C@H]3O[C@]4(O)O[C@@H]([C@@H](O)[C@@]2(N1)[C@@H]4O)[C@]3(O)C(O)O. The molecule has 3 saturated heterocycles. The Labute approximate surface area is 128 Å². The Kier molecular flexibility index (Phi) is 2.76. The summed E-state index contributed by atoms with van der Waals surface area (Å²) in [6.07, 6.45) is -11.1. The molecule has 1 saturated carbocycles. The highest BCUT2D eigenvalue weighted by Gasteiger charge is 2.84. The van der Waals surface area contributed by atoms with Gasteiger partial charge in [0, 0.05) is 0 Å². The lowest BCUT2D eigenvalue weighted by Crippen LogP contribution is -2.96. The molecule has 0 radical (unpaired) electrons. The van der Waals surface area contributed by atoms with Crippen molar-refractivity contribution in [2.75, 3.05) is 0 Å². The zero-order valence-corrected chi connectivity index (χ0v) is 11.5. The fraction of sp³-hybridized carbons (Fsp3) is 0.909. The van der Waals surface area contributed by atoms with Gasteiger partial charge in [-0.1, -0.05) is 0 Å². The van der Waals surface area contributed by atoms with E-state index in [1.165, 1.54) is 0 Å². The third kappa shape index (κ3) is 1.45. The van der Waals surface area contributed by atoms with Crippen LogP contribution in [0, 0.1) is 5.92 Å². The number of nitrogens with zero attached hydrogens (tertiary/aromatic N) is 1. The van der Waals surface area contributed by atoms with E-state index >= 15 is 0 Å². The molecule has 4 fully saturated rings. The number of aliphatic hydroxyl groups is 7. The van der Waals surface area contributed by atoms with Gasteiger partial charge in [-0.3, -0.25) is 0 Å². The minimum Gasteiger partial charge on any atom is -0.388 e. The lowest BCUT2D eigenvalue weighted by atomic mass is 9.54. The first kappa shape index (κ1) is 15.4. The molecular formula is C11H17N3O9. The largest absolute Gasteiger partial charge is 0.388 e. The lowest BCUT2D eigenvalue weighted by molar-refractivity contribution is -0.557. The Hall–Kier alpha value is -1.09. The van der Waals surface area contributed by atoms with Crippen LogP contribution in [-0.2, 0) is 9.47 Å². The van der Waals surface area contributed by atoms with E-state index in [0.717, 1.165) is 0 Å². The normalized spacial score (nSPS) is 60.4. The summed E-state index contributed by atoms with van der Waals surface area (Å²) >= 11 is 0. The quantitative estimate of drug-likeness (QED) is 0.206. The third-order valence-corrected chi connectivity index (χ3v) is 5.31. The fourth-order valence-electron chi connectivity index (χ4n) is 4.29. The lowest BCUT2D eigenvalue weighted by Gasteiger charge is -2.71. The molecule has 4 aliphatic heterocycles. The summed E-state index contributed by atoms with van der Waals surface area (Å²) in [6, 6.07) is 0. The molecule has 0 aromatic carbocycles. The van der Waals surface area contributed by atoms with Crippen LogP contribution in [0.5, 0.6) is 0 Å². The van der Waals surface area contributed by atoms with Gasteiger partial charge in [-0.25, -0.2) is 4.99 Å². The van der Waals surface area contributed by atoms with Gasteiger partial charge in [0.2, 0.25) is 0 Å². The Morgan fingerprint density at radius 3 is 2.35 bits per heavy atom. The molecule has 10 N–H and O–H groups in total. The van der Waals surface area contributed by atoms with Crippen molar-refractivity contribution in [1.29, 1.82) is 0 Å². The summed E-state index contributed by atoms with van der Waals surface area (Å²) in [6.45, 7) is 0. The van der Waals surface area contributed by atoms with Crippen molar-refractivity contribution >= 4 is 5.96 Å². The van der Waals surface area contributed by atoms with Gasteiger partial charge in [0.1, 0.15) is 23.9 Å². The van der Waals surface area contributed by atoms with Crippen LogP contribution in [-0.4, -0.2) is 95.8 Å². The Bertz CT molecular complexity index is 589. The fourth-order valence-corrected chi connectivity index (χ4v) is 4.29. The summed E-state index contributed by atoms with van der Waals surface area (Å²) in [4.78, 5) is 3.64. The van der Waals surface area contributed by atoms with E-state index in [1.807, 2.05) is 0 Å². The highest BCUT2D eigenvalue weighted by Crippen LogP contribution is 2.59. The molecule has 12 heteroatoms. The molecule has 5 aliphatic rings. The molecule has 12 nitrogen and oxygen atoms in total. The smallest absolute Gasteiger partial charge is 0.311 e. The number of rotatable bonds is 1. The van der Waals surface area contributed by atoms with E-state index in [0.29, 0.717) is 0 Å². The average Bonchev–Trinajstić information content (AvgIpc) is 2.44. The maximum absolute atomic E-state index is 10.6. The second-order valence-electron chi connectivity index (χ2n) is 6.33. The first-order valence-electron chi connectivity index (χ1n) is 6.91. The standard InChI is InChI=1S/C11H17N3O9/c12-8-13-5(16)1-3-10(20,7(18)19)4-2(15)9(1,14-8)6(17)11(21,22-3)23-4/h1-7,15-21H,(H3,12,13,14)/t1-,2-,3-,4+,5-,6+,9-,10+,11+/m1/s1. The van der Waals surface area contributed by atoms with Gasteiger partial charge in [0.05, 0.1) is 5.92 Å². The second kappa shape index (κ2) is 4.11. The predicted molar refractivity (Wildman–Crippen MR) is 66.9 cm³/mol. The highest BCUT2D eigenvalue weighted by molar-refractivity contribution is 5.80. The van der Waals surface area contributed by atoms with Crippen LogP contribution in [0.4, 0.5) is 0 Å². The summed E-state index contributed by atoms with van der Waals surface area (Å²) in [5, 5.41) is 73.9. The molecule has 4 heterocycles. The molecule has 1 spiro atoms. The number of guanidine groups is 1. The average molecular weight is 335 g/mol. The van der Waals surface area contributed by atoms with Gasteiger partial charge in [0.25, 0.3) is 0 Å².